The molecule has 0 amide bonds. The Morgan fingerprint density at radius 1 is 1.40 bits per heavy atom. The third-order valence-corrected chi connectivity index (χ3v) is 2.70. The molecule has 0 aliphatic rings. The van der Waals surface area contributed by atoms with Gasteiger partial charge in [0.2, 0.25) is 5.95 Å². The van der Waals surface area contributed by atoms with Crippen molar-refractivity contribution in [3.63, 3.8) is 0 Å². The number of rotatable bonds is 5. The summed E-state index contributed by atoms with van der Waals surface area (Å²) < 4.78 is 0. The summed E-state index contributed by atoms with van der Waals surface area (Å²) in [7, 11) is 0. The Kier molecular flexibility index (Phi) is 4.09. The number of nitro groups is 1. The normalized spacial score (nSPS) is 10.2. The van der Waals surface area contributed by atoms with E-state index >= 15 is 0 Å². The molecule has 7 heteroatoms. The molecule has 0 aliphatic carbocycles. The lowest BCUT2D eigenvalue weighted by Gasteiger charge is -2.06. The van der Waals surface area contributed by atoms with E-state index in [0.29, 0.717) is 11.6 Å². The van der Waals surface area contributed by atoms with E-state index in [1.54, 1.807) is 12.3 Å². The van der Waals surface area contributed by atoms with Gasteiger partial charge in [-0.15, -0.1) is 0 Å². The van der Waals surface area contributed by atoms with Gasteiger partial charge in [-0.25, -0.2) is 9.97 Å². The maximum absolute atomic E-state index is 10.8. The van der Waals surface area contributed by atoms with E-state index in [0.717, 1.165) is 18.5 Å². The number of hydrogen-bond acceptors (Lipinski definition) is 6. The maximum Gasteiger partial charge on any atom is 0.294 e. The molecule has 0 fully saturated rings. The van der Waals surface area contributed by atoms with Crippen molar-refractivity contribution >= 4 is 23.0 Å². The molecule has 0 radical (unpaired) electrons. The SMILES string of the molecule is CCCc1ccnc(Nc2ccc(N)c([N+](=O)[O-])c2)n1. The molecule has 3 N–H and O–H groups in total. The molecule has 1 aromatic heterocycles. The van der Waals surface area contributed by atoms with E-state index in [1.807, 2.05) is 6.07 Å². The average molecular weight is 273 g/mol. The van der Waals surface area contributed by atoms with Gasteiger partial charge in [0.15, 0.2) is 0 Å². The zero-order chi connectivity index (χ0) is 14.5. The standard InChI is InChI=1S/C13H15N5O2/c1-2-3-9-6-7-15-13(16-9)17-10-4-5-11(14)12(8-10)18(19)20/h4-8H,2-3,14H2,1H3,(H,15,16,17). The predicted molar refractivity (Wildman–Crippen MR) is 76.8 cm³/mol. The highest BCUT2D eigenvalue weighted by Crippen LogP contribution is 2.26. The quantitative estimate of drug-likeness (QED) is 0.492. The molecule has 0 bridgehead atoms. The van der Waals surface area contributed by atoms with Crippen molar-refractivity contribution in [2.75, 3.05) is 11.1 Å². The van der Waals surface area contributed by atoms with E-state index in [2.05, 4.69) is 22.2 Å². The monoisotopic (exact) mass is 273 g/mol. The number of hydrogen-bond donors (Lipinski definition) is 2. The second-order valence-electron chi connectivity index (χ2n) is 4.28. The van der Waals surface area contributed by atoms with Crippen LogP contribution in [0.2, 0.25) is 0 Å². The number of nitro benzene ring substituents is 1. The Balaban J connectivity index is 2.23. The molecular formula is C13H15N5O2. The molecular weight excluding hydrogens is 258 g/mol. The lowest BCUT2D eigenvalue weighted by Crippen LogP contribution is -2.01. The van der Waals surface area contributed by atoms with Gasteiger partial charge in [-0.1, -0.05) is 13.3 Å². The van der Waals surface area contributed by atoms with E-state index in [-0.39, 0.29) is 11.4 Å². The molecule has 7 nitrogen and oxygen atoms in total. The number of aryl methyl sites for hydroxylation is 1. The zero-order valence-corrected chi connectivity index (χ0v) is 11.0. The summed E-state index contributed by atoms with van der Waals surface area (Å²) in [4.78, 5) is 18.7. The van der Waals surface area contributed by atoms with Gasteiger partial charge in [0.05, 0.1) is 4.92 Å². The Morgan fingerprint density at radius 2 is 2.20 bits per heavy atom. The Morgan fingerprint density at radius 3 is 2.90 bits per heavy atom. The minimum Gasteiger partial charge on any atom is -0.393 e. The van der Waals surface area contributed by atoms with E-state index in [4.69, 9.17) is 5.73 Å². The first-order valence-electron chi connectivity index (χ1n) is 6.23. The van der Waals surface area contributed by atoms with Gasteiger partial charge in [-0.3, -0.25) is 10.1 Å². The second kappa shape index (κ2) is 5.96. The van der Waals surface area contributed by atoms with E-state index in [9.17, 15) is 10.1 Å². The van der Waals surface area contributed by atoms with Crippen LogP contribution in [0.3, 0.4) is 0 Å². The van der Waals surface area contributed by atoms with E-state index < -0.39 is 4.92 Å². The van der Waals surface area contributed by atoms with Crippen molar-refractivity contribution in [1.82, 2.24) is 9.97 Å². The lowest BCUT2D eigenvalue weighted by molar-refractivity contribution is -0.383. The third-order valence-electron chi connectivity index (χ3n) is 2.70. The topological polar surface area (TPSA) is 107 Å². The molecule has 2 rings (SSSR count). The molecule has 1 aromatic carbocycles. The smallest absolute Gasteiger partial charge is 0.294 e. The minimum absolute atomic E-state index is 0.126. The van der Waals surface area contributed by atoms with Crippen LogP contribution in [0.5, 0.6) is 0 Å². The van der Waals surface area contributed by atoms with Gasteiger partial charge in [0, 0.05) is 23.6 Å². The van der Waals surface area contributed by atoms with Crippen molar-refractivity contribution in [3.8, 4) is 0 Å². The highest BCUT2D eigenvalue weighted by molar-refractivity contribution is 5.67. The fraction of sp³-hybridized carbons (Fsp3) is 0.231. The maximum atomic E-state index is 10.8. The van der Waals surface area contributed by atoms with Crippen LogP contribution in [-0.4, -0.2) is 14.9 Å². The fourth-order valence-corrected chi connectivity index (χ4v) is 1.76. The van der Waals surface area contributed by atoms with Gasteiger partial charge in [0.25, 0.3) is 5.69 Å². The van der Waals surface area contributed by atoms with Crippen LogP contribution in [-0.2, 0) is 6.42 Å². The third kappa shape index (κ3) is 3.19. The minimum atomic E-state index is -0.519. The summed E-state index contributed by atoms with van der Waals surface area (Å²) in [6, 6.07) is 6.35. The first-order valence-corrected chi connectivity index (χ1v) is 6.23. The summed E-state index contributed by atoms with van der Waals surface area (Å²) in [5.74, 6) is 0.412. The van der Waals surface area contributed by atoms with Crippen LogP contribution >= 0.6 is 0 Å². The predicted octanol–water partition coefficient (Wildman–Crippen LogP) is 2.66. The average Bonchev–Trinajstić information content (AvgIpc) is 2.41. The summed E-state index contributed by atoms with van der Waals surface area (Å²) >= 11 is 0. The molecule has 20 heavy (non-hydrogen) atoms. The van der Waals surface area contributed by atoms with Crippen LogP contribution in [0.1, 0.15) is 19.0 Å². The highest BCUT2D eigenvalue weighted by Gasteiger charge is 2.12. The van der Waals surface area contributed by atoms with Crippen molar-refractivity contribution < 1.29 is 4.92 Å². The van der Waals surface area contributed by atoms with E-state index in [1.165, 1.54) is 12.1 Å². The Bertz CT molecular complexity index is 630. The zero-order valence-electron chi connectivity index (χ0n) is 11.0. The van der Waals surface area contributed by atoms with Crippen LogP contribution in [0.4, 0.5) is 23.0 Å². The Hall–Kier alpha value is -2.70. The van der Waals surface area contributed by atoms with Crippen molar-refractivity contribution in [2.24, 2.45) is 0 Å². The first-order chi connectivity index (χ1) is 9.60. The number of nitrogens with one attached hydrogen (secondary N) is 1. The van der Waals surface area contributed by atoms with Gasteiger partial charge < -0.3 is 11.1 Å². The van der Waals surface area contributed by atoms with Gasteiger partial charge in [0.1, 0.15) is 5.69 Å². The van der Waals surface area contributed by atoms with Gasteiger partial charge in [-0.05, 0) is 24.6 Å². The molecule has 0 atom stereocenters. The molecule has 104 valence electrons. The highest BCUT2D eigenvalue weighted by atomic mass is 16.6. The summed E-state index contributed by atoms with van der Waals surface area (Å²) in [6.45, 7) is 2.07. The lowest BCUT2D eigenvalue weighted by atomic mass is 10.2. The number of nitrogens with zero attached hydrogens (tertiary/aromatic N) is 3. The molecule has 0 spiro atoms. The van der Waals surface area contributed by atoms with Crippen molar-refractivity contribution in [2.45, 2.75) is 19.8 Å². The largest absolute Gasteiger partial charge is 0.393 e. The summed E-state index contributed by atoms with van der Waals surface area (Å²) in [5.41, 5.74) is 6.99. The summed E-state index contributed by atoms with van der Waals surface area (Å²) in [5, 5.41) is 13.8. The number of nitrogen functional groups attached to an aromatic ring is 1. The molecule has 2 aromatic rings. The molecule has 0 saturated heterocycles. The first kappa shape index (κ1) is 13.7. The van der Waals surface area contributed by atoms with Crippen molar-refractivity contribution in [1.29, 1.82) is 0 Å². The number of anilines is 3. The van der Waals surface area contributed by atoms with Gasteiger partial charge >= 0.3 is 0 Å². The second-order valence-corrected chi connectivity index (χ2v) is 4.28. The van der Waals surface area contributed by atoms with Crippen LogP contribution < -0.4 is 11.1 Å². The number of nitrogens with two attached hydrogens (primary N) is 1. The summed E-state index contributed by atoms with van der Waals surface area (Å²) in [6.07, 6.45) is 3.51. The van der Waals surface area contributed by atoms with Crippen LogP contribution in [0.25, 0.3) is 0 Å². The van der Waals surface area contributed by atoms with Crippen molar-refractivity contribution in [3.05, 3.63) is 46.3 Å². The number of benzene rings is 1. The molecule has 0 saturated carbocycles. The molecule has 1 heterocycles. The Labute approximate surface area is 116 Å². The number of aromatic nitrogens is 2. The van der Waals surface area contributed by atoms with Crippen LogP contribution in [0.15, 0.2) is 30.5 Å². The molecule has 0 unspecified atom stereocenters. The van der Waals surface area contributed by atoms with Crippen LogP contribution in [0, 0.1) is 10.1 Å². The van der Waals surface area contributed by atoms with Gasteiger partial charge in [-0.2, -0.15) is 0 Å². The fourth-order valence-electron chi connectivity index (χ4n) is 1.76. The molecule has 0 aliphatic heterocycles.